The Morgan fingerprint density at radius 1 is 1.27 bits per heavy atom. The van der Waals surface area contributed by atoms with Gasteiger partial charge in [0.2, 0.25) is 5.91 Å². The topological polar surface area (TPSA) is 53.3 Å². The monoisotopic (exact) mass is 366 g/mol. The molecule has 0 fully saturated rings. The van der Waals surface area contributed by atoms with E-state index < -0.39 is 0 Å². The van der Waals surface area contributed by atoms with Crippen molar-refractivity contribution in [2.75, 3.05) is 24.3 Å². The van der Waals surface area contributed by atoms with Crippen LogP contribution in [0.1, 0.15) is 28.7 Å². The Balaban J connectivity index is 1.68. The highest BCUT2D eigenvalue weighted by molar-refractivity contribution is 7.99. The van der Waals surface area contributed by atoms with Crippen molar-refractivity contribution >= 4 is 23.4 Å². The Kier molecular flexibility index (Phi) is 5.85. The molecule has 0 N–H and O–H groups in total. The molecule has 0 saturated heterocycles. The Hall–Kier alpha value is -2.45. The number of amides is 1. The molecule has 0 aliphatic carbocycles. The highest BCUT2D eigenvalue weighted by Gasteiger charge is 2.26. The average molecular weight is 366 g/mol. The summed E-state index contributed by atoms with van der Waals surface area (Å²) in [7, 11) is 1.65. The molecule has 2 aromatic rings. The highest BCUT2D eigenvalue weighted by atomic mass is 32.2. The van der Waals surface area contributed by atoms with Crippen molar-refractivity contribution in [3.05, 3.63) is 58.7 Å². The molecular weight excluding hydrogens is 344 g/mol. The van der Waals surface area contributed by atoms with Crippen LogP contribution in [0.25, 0.3) is 0 Å². The molecule has 3 rings (SSSR count). The summed E-state index contributed by atoms with van der Waals surface area (Å²) in [4.78, 5) is 14.7. The van der Waals surface area contributed by atoms with Gasteiger partial charge >= 0.3 is 0 Å². The molecule has 0 unspecified atom stereocenters. The van der Waals surface area contributed by atoms with Gasteiger partial charge in [-0.3, -0.25) is 4.79 Å². The summed E-state index contributed by atoms with van der Waals surface area (Å²) in [5.41, 5.74) is 5.16. The van der Waals surface area contributed by atoms with Gasteiger partial charge in [0.15, 0.2) is 0 Å². The van der Waals surface area contributed by atoms with Crippen LogP contribution in [0.15, 0.2) is 36.4 Å². The van der Waals surface area contributed by atoms with Crippen LogP contribution in [-0.4, -0.2) is 25.3 Å². The minimum absolute atomic E-state index is 0.119. The van der Waals surface area contributed by atoms with Crippen molar-refractivity contribution < 1.29 is 9.53 Å². The Labute approximate surface area is 158 Å². The zero-order valence-electron chi connectivity index (χ0n) is 15.1. The number of methoxy groups -OCH3 is 1. The van der Waals surface area contributed by atoms with Crippen molar-refractivity contribution in [3.63, 3.8) is 0 Å². The molecule has 134 valence electrons. The minimum Gasteiger partial charge on any atom is -0.495 e. The first-order chi connectivity index (χ1) is 12.6. The Morgan fingerprint density at radius 3 is 2.73 bits per heavy atom. The summed E-state index contributed by atoms with van der Waals surface area (Å²) in [6, 6.07) is 13.6. The Bertz CT molecular complexity index is 840. The number of benzene rings is 2. The SMILES string of the molecule is COc1ccc(C)c2c1N(C(=O)CSCc1ccc(C#N)cc1)CCC2. The first-order valence-electron chi connectivity index (χ1n) is 8.67. The third kappa shape index (κ3) is 3.86. The van der Waals surface area contributed by atoms with Crippen LogP contribution >= 0.6 is 11.8 Å². The average Bonchev–Trinajstić information content (AvgIpc) is 2.68. The van der Waals surface area contributed by atoms with E-state index in [9.17, 15) is 4.79 Å². The van der Waals surface area contributed by atoms with Gasteiger partial charge in [0.25, 0.3) is 0 Å². The molecule has 0 spiro atoms. The van der Waals surface area contributed by atoms with Crippen molar-refractivity contribution in [3.8, 4) is 11.8 Å². The van der Waals surface area contributed by atoms with E-state index in [2.05, 4.69) is 19.1 Å². The normalized spacial score (nSPS) is 13.0. The van der Waals surface area contributed by atoms with E-state index in [0.29, 0.717) is 11.3 Å². The summed E-state index contributed by atoms with van der Waals surface area (Å²) >= 11 is 1.60. The highest BCUT2D eigenvalue weighted by Crippen LogP contribution is 2.38. The van der Waals surface area contributed by atoms with Crippen LogP contribution < -0.4 is 9.64 Å². The molecule has 5 heteroatoms. The van der Waals surface area contributed by atoms with Gasteiger partial charge in [-0.25, -0.2) is 0 Å². The van der Waals surface area contributed by atoms with Gasteiger partial charge in [0, 0.05) is 12.3 Å². The molecule has 1 amide bonds. The fourth-order valence-corrected chi connectivity index (χ4v) is 4.14. The minimum atomic E-state index is 0.119. The number of anilines is 1. The van der Waals surface area contributed by atoms with Gasteiger partial charge in [-0.1, -0.05) is 18.2 Å². The maximum absolute atomic E-state index is 12.8. The zero-order valence-corrected chi connectivity index (χ0v) is 15.9. The number of ether oxygens (including phenoxy) is 1. The molecule has 0 saturated carbocycles. The summed E-state index contributed by atoms with van der Waals surface area (Å²) in [6.45, 7) is 2.83. The van der Waals surface area contributed by atoms with Crippen LogP contribution in [0.2, 0.25) is 0 Å². The molecule has 2 aromatic carbocycles. The maximum atomic E-state index is 12.8. The second kappa shape index (κ2) is 8.29. The molecular formula is C21H22N2O2S. The van der Waals surface area contributed by atoms with Crippen LogP contribution in [0.4, 0.5) is 5.69 Å². The van der Waals surface area contributed by atoms with Crippen LogP contribution in [0, 0.1) is 18.3 Å². The van der Waals surface area contributed by atoms with Gasteiger partial charge in [0.1, 0.15) is 5.75 Å². The van der Waals surface area contributed by atoms with E-state index in [-0.39, 0.29) is 5.91 Å². The number of fused-ring (bicyclic) bond motifs is 1. The van der Waals surface area contributed by atoms with E-state index in [1.165, 1.54) is 11.1 Å². The summed E-state index contributed by atoms with van der Waals surface area (Å²) in [5.74, 6) is 2.07. The maximum Gasteiger partial charge on any atom is 0.237 e. The van der Waals surface area contributed by atoms with Gasteiger partial charge < -0.3 is 9.64 Å². The van der Waals surface area contributed by atoms with E-state index in [1.54, 1.807) is 18.9 Å². The number of hydrogen-bond donors (Lipinski definition) is 0. The predicted molar refractivity (Wildman–Crippen MR) is 106 cm³/mol. The summed E-state index contributed by atoms with van der Waals surface area (Å²) in [5, 5.41) is 8.85. The van der Waals surface area contributed by atoms with Crippen molar-refractivity contribution in [1.29, 1.82) is 5.26 Å². The number of hydrogen-bond acceptors (Lipinski definition) is 4. The smallest absolute Gasteiger partial charge is 0.237 e. The van der Waals surface area contributed by atoms with Crippen LogP contribution in [0.5, 0.6) is 5.75 Å². The number of nitriles is 1. The Morgan fingerprint density at radius 2 is 2.04 bits per heavy atom. The first-order valence-corrected chi connectivity index (χ1v) is 9.83. The van der Waals surface area contributed by atoms with Crippen molar-refractivity contribution in [1.82, 2.24) is 0 Å². The van der Waals surface area contributed by atoms with Crippen molar-refractivity contribution in [2.24, 2.45) is 0 Å². The number of nitrogens with zero attached hydrogens (tertiary/aromatic N) is 2. The van der Waals surface area contributed by atoms with Gasteiger partial charge in [-0.05, 0) is 54.7 Å². The largest absolute Gasteiger partial charge is 0.495 e. The molecule has 1 heterocycles. The molecule has 26 heavy (non-hydrogen) atoms. The summed E-state index contributed by atoms with van der Waals surface area (Å²) in [6.07, 6.45) is 1.97. The second-order valence-electron chi connectivity index (χ2n) is 6.36. The summed E-state index contributed by atoms with van der Waals surface area (Å²) < 4.78 is 5.52. The first kappa shape index (κ1) is 18.3. The molecule has 0 aromatic heterocycles. The fraction of sp³-hybridized carbons (Fsp3) is 0.333. The number of carbonyl (C=O) groups is 1. The third-order valence-electron chi connectivity index (χ3n) is 4.66. The number of carbonyl (C=O) groups excluding carboxylic acids is 1. The third-order valence-corrected chi connectivity index (χ3v) is 5.65. The number of thioether (sulfide) groups is 1. The molecule has 1 aliphatic rings. The zero-order chi connectivity index (χ0) is 18.5. The van der Waals surface area contributed by atoms with E-state index >= 15 is 0 Å². The van der Waals surface area contributed by atoms with E-state index in [1.807, 2.05) is 35.2 Å². The molecule has 0 bridgehead atoms. The lowest BCUT2D eigenvalue weighted by Crippen LogP contribution is -2.37. The second-order valence-corrected chi connectivity index (χ2v) is 7.35. The van der Waals surface area contributed by atoms with Gasteiger partial charge in [-0.15, -0.1) is 11.8 Å². The molecule has 1 aliphatic heterocycles. The lowest BCUT2D eigenvalue weighted by molar-refractivity contribution is -0.116. The molecule has 0 atom stereocenters. The quantitative estimate of drug-likeness (QED) is 0.800. The predicted octanol–water partition coefficient (Wildman–Crippen LogP) is 4.09. The van der Waals surface area contributed by atoms with E-state index in [4.69, 9.17) is 10.00 Å². The molecule has 0 radical (unpaired) electrons. The van der Waals surface area contributed by atoms with Crippen LogP contribution in [0.3, 0.4) is 0 Å². The van der Waals surface area contributed by atoms with Crippen LogP contribution in [-0.2, 0) is 17.0 Å². The number of rotatable bonds is 5. The van der Waals surface area contributed by atoms with Gasteiger partial charge in [0.05, 0.1) is 30.2 Å². The van der Waals surface area contributed by atoms with Gasteiger partial charge in [-0.2, -0.15) is 5.26 Å². The van der Waals surface area contributed by atoms with E-state index in [0.717, 1.165) is 42.1 Å². The van der Waals surface area contributed by atoms with Crippen molar-refractivity contribution in [2.45, 2.75) is 25.5 Å². The lowest BCUT2D eigenvalue weighted by atomic mass is 9.96. The number of aryl methyl sites for hydroxylation is 1. The fourth-order valence-electron chi connectivity index (χ4n) is 3.28. The molecule has 4 nitrogen and oxygen atoms in total. The lowest BCUT2D eigenvalue weighted by Gasteiger charge is -2.32. The standard InChI is InChI=1S/C21H22N2O2S/c1-15-5-10-19(25-2)21-18(15)4-3-11-23(21)20(24)14-26-13-17-8-6-16(12-22)7-9-17/h5-10H,3-4,11,13-14H2,1-2H3.